The first-order chi connectivity index (χ1) is 13.5. The van der Waals surface area contributed by atoms with Crippen molar-refractivity contribution in [3.63, 3.8) is 0 Å². The molecule has 0 heterocycles. The molecule has 10 nitrogen and oxygen atoms in total. The minimum Gasteiger partial charge on any atom is -0.445 e. The Morgan fingerprint density at radius 3 is 2.46 bits per heavy atom. The summed E-state index contributed by atoms with van der Waals surface area (Å²) in [6, 6.07) is 13.2. The fourth-order valence-corrected chi connectivity index (χ4v) is 2.03. The molecule has 2 amide bonds. The topological polar surface area (TPSA) is 143 Å². The van der Waals surface area contributed by atoms with Gasteiger partial charge in [0.1, 0.15) is 12.6 Å². The lowest BCUT2D eigenvalue weighted by Gasteiger charge is -2.14. The Kier molecular flexibility index (Phi) is 7.61. The van der Waals surface area contributed by atoms with Crippen LogP contribution in [0.1, 0.15) is 11.1 Å². The molecule has 2 aromatic carbocycles. The summed E-state index contributed by atoms with van der Waals surface area (Å²) in [6.45, 7) is -0.635. The van der Waals surface area contributed by atoms with Gasteiger partial charge in [-0.2, -0.15) is 5.10 Å². The van der Waals surface area contributed by atoms with Gasteiger partial charge in [-0.05, 0) is 23.3 Å². The van der Waals surface area contributed by atoms with Crippen LogP contribution in [0.3, 0.4) is 0 Å². The minimum absolute atomic E-state index is 0.0186. The van der Waals surface area contributed by atoms with E-state index in [4.69, 9.17) is 4.74 Å². The SMILES string of the molecule is O=C(N[C@@H](CO)C(=O)N/N=C\c1ccc([N+](=O)[O-])cc1)OCc1ccccc1. The highest BCUT2D eigenvalue weighted by atomic mass is 16.6. The first-order valence-electron chi connectivity index (χ1n) is 8.15. The van der Waals surface area contributed by atoms with E-state index in [1.54, 1.807) is 24.3 Å². The molecule has 28 heavy (non-hydrogen) atoms. The number of aliphatic hydroxyl groups is 1. The number of nitro benzene ring substituents is 1. The summed E-state index contributed by atoms with van der Waals surface area (Å²) in [4.78, 5) is 33.8. The Hall–Kier alpha value is -3.79. The number of nitrogens with zero attached hydrogens (tertiary/aromatic N) is 2. The third-order valence-corrected chi connectivity index (χ3v) is 3.50. The van der Waals surface area contributed by atoms with Crippen LogP contribution in [-0.2, 0) is 16.1 Å². The normalized spacial score (nSPS) is 11.6. The molecule has 0 fully saturated rings. The number of non-ortho nitro benzene ring substituents is 1. The van der Waals surface area contributed by atoms with E-state index in [1.165, 1.54) is 30.5 Å². The Labute approximate surface area is 160 Å². The van der Waals surface area contributed by atoms with Crippen molar-refractivity contribution in [3.05, 3.63) is 75.8 Å². The number of aliphatic hydroxyl groups excluding tert-OH is 1. The van der Waals surface area contributed by atoms with Crippen molar-refractivity contribution in [2.75, 3.05) is 6.61 Å². The van der Waals surface area contributed by atoms with Gasteiger partial charge in [-0.1, -0.05) is 30.3 Å². The number of carbonyl (C=O) groups is 2. The van der Waals surface area contributed by atoms with Gasteiger partial charge in [-0.25, -0.2) is 10.2 Å². The molecule has 0 unspecified atom stereocenters. The molecule has 0 saturated heterocycles. The summed E-state index contributed by atoms with van der Waals surface area (Å²) in [6.07, 6.45) is 0.404. The van der Waals surface area contributed by atoms with E-state index in [1.807, 2.05) is 6.07 Å². The second-order valence-corrected chi connectivity index (χ2v) is 5.52. The molecule has 2 rings (SSSR count). The van der Waals surface area contributed by atoms with Crippen LogP contribution in [0, 0.1) is 10.1 Å². The average Bonchev–Trinajstić information content (AvgIpc) is 2.71. The summed E-state index contributed by atoms with van der Waals surface area (Å²) < 4.78 is 4.98. The summed E-state index contributed by atoms with van der Waals surface area (Å²) >= 11 is 0. The zero-order valence-corrected chi connectivity index (χ0v) is 14.6. The lowest BCUT2D eigenvalue weighted by molar-refractivity contribution is -0.384. The van der Waals surface area contributed by atoms with E-state index >= 15 is 0 Å². The fraction of sp³-hybridized carbons (Fsp3) is 0.167. The summed E-state index contributed by atoms with van der Waals surface area (Å²) in [5, 5.41) is 25.8. The molecule has 0 spiro atoms. The lowest BCUT2D eigenvalue weighted by atomic mass is 10.2. The van der Waals surface area contributed by atoms with Crippen LogP contribution in [0.25, 0.3) is 0 Å². The maximum Gasteiger partial charge on any atom is 0.408 e. The summed E-state index contributed by atoms with van der Waals surface area (Å²) in [5.41, 5.74) is 3.38. The molecule has 3 N–H and O–H groups in total. The van der Waals surface area contributed by atoms with Gasteiger partial charge in [0.05, 0.1) is 17.7 Å². The smallest absolute Gasteiger partial charge is 0.408 e. The molecule has 0 radical (unpaired) electrons. The van der Waals surface area contributed by atoms with Crippen LogP contribution in [0.5, 0.6) is 0 Å². The van der Waals surface area contributed by atoms with Gasteiger partial charge in [0.25, 0.3) is 11.6 Å². The van der Waals surface area contributed by atoms with E-state index in [0.717, 1.165) is 5.56 Å². The Morgan fingerprint density at radius 1 is 1.18 bits per heavy atom. The monoisotopic (exact) mass is 386 g/mol. The number of hydrazone groups is 1. The van der Waals surface area contributed by atoms with E-state index in [9.17, 15) is 24.8 Å². The van der Waals surface area contributed by atoms with Gasteiger partial charge < -0.3 is 15.2 Å². The van der Waals surface area contributed by atoms with Crippen molar-refractivity contribution >= 4 is 23.9 Å². The Bertz CT molecular complexity index is 839. The Morgan fingerprint density at radius 2 is 1.86 bits per heavy atom. The predicted octanol–water partition coefficient (Wildman–Crippen LogP) is 1.33. The summed E-state index contributed by atoms with van der Waals surface area (Å²) in [5.74, 6) is -0.752. The molecular weight excluding hydrogens is 368 g/mol. The highest BCUT2D eigenvalue weighted by Crippen LogP contribution is 2.10. The number of rotatable bonds is 8. The first-order valence-corrected chi connectivity index (χ1v) is 8.15. The number of alkyl carbamates (subject to hydrolysis) is 1. The maximum absolute atomic E-state index is 12.0. The van der Waals surface area contributed by atoms with E-state index in [2.05, 4.69) is 15.8 Å². The summed E-state index contributed by atoms with van der Waals surface area (Å²) in [7, 11) is 0. The Balaban J connectivity index is 1.81. The number of benzene rings is 2. The van der Waals surface area contributed by atoms with Gasteiger partial charge in [0.2, 0.25) is 0 Å². The maximum atomic E-state index is 12.0. The van der Waals surface area contributed by atoms with Gasteiger partial charge in [-0.3, -0.25) is 14.9 Å². The molecule has 0 aliphatic rings. The largest absolute Gasteiger partial charge is 0.445 e. The van der Waals surface area contributed by atoms with Crippen molar-refractivity contribution in [1.82, 2.24) is 10.7 Å². The molecule has 0 bridgehead atoms. The molecule has 2 aromatic rings. The van der Waals surface area contributed by atoms with Crippen LogP contribution >= 0.6 is 0 Å². The quantitative estimate of drug-likeness (QED) is 0.355. The van der Waals surface area contributed by atoms with Crippen molar-refractivity contribution in [3.8, 4) is 0 Å². The molecule has 146 valence electrons. The predicted molar refractivity (Wildman–Crippen MR) is 99.5 cm³/mol. The fourth-order valence-electron chi connectivity index (χ4n) is 2.03. The van der Waals surface area contributed by atoms with Gasteiger partial charge >= 0.3 is 6.09 Å². The van der Waals surface area contributed by atoms with E-state index in [-0.39, 0.29) is 12.3 Å². The number of ether oxygens (including phenoxy) is 1. The van der Waals surface area contributed by atoms with E-state index < -0.39 is 29.6 Å². The molecule has 1 atom stereocenters. The third kappa shape index (κ3) is 6.50. The van der Waals surface area contributed by atoms with Crippen molar-refractivity contribution < 1.29 is 24.4 Å². The average molecular weight is 386 g/mol. The van der Waals surface area contributed by atoms with Crippen LogP contribution in [0.4, 0.5) is 10.5 Å². The zero-order chi connectivity index (χ0) is 20.4. The van der Waals surface area contributed by atoms with Crippen molar-refractivity contribution in [2.24, 2.45) is 5.10 Å². The zero-order valence-electron chi connectivity index (χ0n) is 14.6. The molecule has 0 aliphatic heterocycles. The van der Waals surface area contributed by atoms with Gasteiger partial charge in [-0.15, -0.1) is 0 Å². The number of nitro groups is 1. The molecule has 10 heteroatoms. The standard InChI is InChI=1S/C18H18N4O6/c23-11-16(20-18(25)28-12-14-4-2-1-3-5-14)17(24)21-19-10-13-6-8-15(9-7-13)22(26)27/h1-10,16,23H,11-12H2,(H,20,25)(H,21,24)/b19-10-/t16-/m0/s1. The van der Waals surface area contributed by atoms with Crippen LogP contribution in [0.2, 0.25) is 0 Å². The van der Waals surface area contributed by atoms with E-state index in [0.29, 0.717) is 5.56 Å². The molecular formula is C18H18N4O6. The number of hydrogen-bond donors (Lipinski definition) is 3. The van der Waals surface area contributed by atoms with Gasteiger partial charge in [0, 0.05) is 12.1 Å². The second kappa shape index (κ2) is 10.4. The number of hydrogen-bond acceptors (Lipinski definition) is 7. The number of amides is 2. The van der Waals surface area contributed by atoms with Crippen molar-refractivity contribution in [1.29, 1.82) is 0 Å². The highest BCUT2D eigenvalue weighted by molar-refractivity contribution is 5.87. The molecule has 0 saturated carbocycles. The molecule has 0 aromatic heterocycles. The van der Waals surface area contributed by atoms with Crippen molar-refractivity contribution in [2.45, 2.75) is 12.6 Å². The lowest BCUT2D eigenvalue weighted by Crippen LogP contribution is -2.47. The van der Waals surface area contributed by atoms with Crippen LogP contribution < -0.4 is 10.7 Å². The minimum atomic E-state index is -1.25. The van der Waals surface area contributed by atoms with Gasteiger partial charge in [0.15, 0.2) is 0 Å². The second-order valence-electron chi connectivity index (χ2n) is 5.52. The van der Waals surface area contributed by atoms with Crippen LogP contribution in [0.15, 0.2) is 59.7 Å². The third-order valence-electron chi connectivity index (χ3n) is 3.50. The number of carbonyl (C=O) groups excluding carboxylic acids is 2. The molecule has 0 aliphatic carbocycles. The highest BCUT2D eigenvalue weighted by Gasteiger charge is 2.20. The van der Waals surface area contributed by atoms with Crippen LogP contribution in [-0.4, -0.2) is 40.9 Å². The first kappa shape index (κ1) is 20.5. The number of nitrogens with one attached hydrogen (secondary N) is 2.